The van der Waals surface area contributed by atoms with Gasteiger partial charge in [-0.25, -0.2) is 8.42 Å². The summed E-state index contributed by atoms with van der Waals surface area (Å²) in [5.74, 6) is -0.0876. The molecular formula is C19H21ClN2O3S2. The van der Waals surface area contributed by atoms with E-state index in [0.29, 0.717) is 30.4 Å². The Labute approximate surface area is 168 Å². The van der Waals surface area contributed by atoms with E-state index in [4.69, 9.17) is 11.6 Å². The quantitative estimate of drug-likeness (QED) is 0.757. The van der Waals surface area contributed by atoms with Crippen molar-refractivity contribution < 1.29 is 13.2 Å². The molecule has 0 bridgehead atoms. The number of fused-ring (bicyclic) bond motifs is 1. The highest BCUT2D eigenvalue weighted by atomic mass is 35.5. The second kappa shape index (κ2) is 7.54. The van der Waals surface area contributed by atoms with Gasteiger partial charge in [-0.2, -0.15) is 4.31 Å². The number of carbonyl (C=O) groups is 1. The number of thiophene rings is 1. The lowest BCUT2D eigenvalue weighted by atomic mass is 9.98. The largest absolute Gasteiger partial charge is 0.337 e. The first-order chi connectivity index (χ1) is 13.0. The molecule has 2 aromatic rings. The summed E-state index contributed by atoms with van der Waals surface area (Å²) in [5.41, 5.74) is 2.41. The minimum atomic E-state index is -3.71. The SMILES string of the molecule is O=C([C@H]1CCCCN1S(=O)(=O)c1ccc(Cl)s1)N1CCc2ccccc2C1. The van der Waals surface area contributed by atoms with Crippen LogP contribution < -0.4 is 0 Å². The minimum Gasteiger partial charge on any atom is -0.337 e. The van der Waals surface area contributed by atoms with Crippen LogP contribution in [0, 0.1) is 0 Å². The predicted octanol–water partition coefficient (Wildman–Crippen LogP) is 3.53. The number of rotatable bonds is 3. The zero-order valence-corrected chi connectivity index (χ0v) is 17.2. The number of benzene rings is 1. The number of hydrogen-bond acceptors (Lipinski definition) is 4. The summed E-state index contributed by atoms with van der Waals surface area (Å²) in [6, 6.07) is 10.6. The Kier molecular flexibility index (Phi) is 5.29. The molecule has 0 radical (unpaired) electrons. The van der Waals surface area contributed by atoms with Crippen LogP contribution in [0.25, 0.3) is 0 Å². The van der Waals surface area contributed by atoms with E-state index < -0.39 is 16.1 Å². The predicted molar refractivity (Wildman–Crippen MR) is 106 cm³/mol. The van der Waals surface area contributed by atoms with Gasteiger partial charge in [0.2, 0.25) is 5.91 Å². The maximum atomic E-state index is 13.3. The highest BCUT2D eigenvalue weighted by Crippen LogP contribution is 2.32. The summed E-state index contributed by atoms with van der Waals surface area (Å²) in [6.45, 7) is 1.55. The molecule has 2 aliphatic rings. The fourth-order valence-corrected chi connectivity index (χ4v) is 7.15. The average Bonchev–Trinajstić information content (AvgIpc) is 3.14. The molecule has 1 aromatic heterocycles. The van der Waals surface area contributed by atoms with E-state index >= 15 is 0 Å². The lowest BCUT2D eigenvalue weighted by molar-refractivity contribution is -0.137. The summed E-state index contributed by atoms with van der Waals surface area (Å²) in [7, 11) is -3.71. The second-order valence-corrected chi connectivity index (χ2v) is 10.8. The molecule has 8 heteroatoms. The van der Waals surface area contributed by atoms with E-state index in [-0.39, 0.29) is 10.1 Å². The topological polar surface area (TPSA) is 57.7 Å². The average molecular weight is 425 g/mol. The van der Waals surface area contributed by atoms with Crippen LogP contribution in [-0.4, -0.2) is 42.7 Å². The van der Waals surface area contributed by atoms with Gasteiger partial charge in [0.15, 0.2) is 0 Å². The number of hydrogen-bond donors (Lipinski definition) is 0. The van der Waals surface area contributed by atoms with E-state index in [2.05, 4.69) is 6.07 Å². The zero-order chi connectivity index (χ0) is 19.0. The molecule has 0 saturated carbocycles. The van der Waals surface area contributed by atoms with E-state index in [1.807, 2.05) is 23.1 Å². The van der Waals surface area contributed by atoms with Crippen molar-refractivity contribution in [1.29, 1.82) is 0 Å². The molecule has 1 saturated heterocycles. The number of sulfonamides is 1. The van der Waals surface area contributed by atoms with Gasteiger partial charge < -0.3 is 4.90 Å². The Bertz CT molecular complexity index is 957. The van der Waals surface area contributed by atoms with Crippen molar-refractivity contribution in [3.8, 4) is 0 Å². The van der Waals surface area contributed by atoms with Gasteiger partial charge in [0, 0.05) is 19.6 Å². The number of amides is 1. The maximum Gasteiger partial charge on any atom is 0.253 e. The zero-order valence-electron chi connectivity index (χ0n) is 14.8. The van der Waals surface area contributed by atoms with E-state index in [1.165, 1.54) is 15.9 Å². The smallest absolute Gasteiger partial charge is 0.253 e. The molecule has 2 aliphatic heterocycles. The van der Waals surface area contributed by atoms with Gasteiger partial charge in [-0.15, -0.1) is 11.3 Å². The first kappa shape index (κ1) is 18.9. The molecule has 0 aliphatic carbocycles. The number of carbonyl (C=O) groups excluding carboxylic acids is 1. The molecule has 0 spiro atoms. The molecular weight excluding hydrogens is 404 g/mol. The first-order valence-electron chi connectivity index (χ1n) is 9.09. The molecule has 1 amide bonds. The van der Waals surface area contributed by atoms with Gasteiger partial charge in [-0.1, -0.05) is 42.3 Å². The monoisotopic (exact) mass is 424 g/mol. The summed E-state index contributed by atoms with van der Waals surface area (Å²) in [5, 5.41) is 0. The molecule has 144 valence electrons. The van der Waals surface area contributed by atoms with Crippen LogP contribution in [0.5, 0.6) is 0 Å². The summed E-state index contributed by atoms with van der Waals surface area (Å²) < 4.78 is 28.2. The van der Waals surface area contributed by atoms with Crippen molar-refractivity contribution in [2.24, 2.45) is 0 Å². The van der Waals surface area contributed by atoms with Gasteiger partial charge in [0.25, 0.3) is 10.0 Å². The van der Waals surface area contributed by atoms with Crippen molar-refractivity contribution in [3.63, 3.8) is 0 Å². The van der Waals surface area contributed by atoms with Crippen LogP contribution in [0.4, 0.5) is 0 Å². The Morgan fingerprint density at radius 2 is 1.85 bits per heavy atom. The molecule has 5 nitrogen and oxygen atoms in total. The Balaban J connectivity index is 1.58. The van der Waals surface area contributed by atoms with Crippen molar-refractivity contribution in [2.75, 3.05) is 13.1 Å². The normalized spacial score (nSPS) is 21.1. The van der Waals surface area contributed by atoms with Crippen LogP contribution in [0.2, 0.25) is 4.34 Å². The highest BCUT2D eigenvalue weighted by Gasteiger charge is 2.40. The number of nitrogens with zero attached hydrogens (tertiary/aromatic N) is 2. The number of halogens is 1. The third kappa shape index (κ3) is 3.66. The minimum absolute atomic E-state index is 0.0876. The van der Waals surface area contributed by atoms with Crippen LogP contribution in [-0.2, 0) is 27.8 Å². The molecule has 4 rings (SSSR count). The number of piperidine rings is 1. The maximum absolute atomic E-state index is 13.3. The van der Waals surface area contributed by atoms with E-state index in [0.717, 1.165) is 36.2 Å². The van der Waals surface area contributed by atoms with Crippen LogP contribution in [0.3, 0.4) is 0 Å². The van der Waals surface area contributed by atoms with Gasteiger partial charge in [0.1, 0.15) is 10.3 Å². The Morgan fingerprint density at radius 3 is 2.59 bits per heavy atom. The lowest BCUT2D eigenvalue weighted by Gasteiger charge is -2.38. The fraction of sp³-hybridized carbons (Fsp3) is 0.421. The Morgan fingerprint density at radius 1 is 1.07 bits per heavy atom. The van der Waals surface area contributed by atoms with Gasteiger partial charge >= 0.3 is 0 Å². The molecule has 3 heterocycles. The van der Waals surface area contributed by atoms with E-state index in [9.17, 15) is 13.2 Å². The Hall–Kier alpha value is -1.41. The van der Waals surface area contributed by atoms with Gasteiger partial charge in [-0.3, -0.25) is 4.79 Å². The molecule has 0 unspecified atom stereocenters. The third-order valence-electron chi connectivity index (χ3n) is 5.29. The molecule has 1 fully saturated rings. The molecule has 27 heavy (non-hydrogen) atoms. The standard InChI is InChI=1S/C19H21ClN2O3S2/c20-17-8-9-18(26-17)27(24,25)22-11-4-3-7-16(22)19(23)21-12-10-14-5-1-2-6-15(14)13-21/h1-2,5-6,8-9,16H,3-4,7,10-13H2/t16-/m1/s1. The second-order valence-electron chi connectivity index (χ2n) is 6.96. The van der Waals surface area contributed by atoms with Crippen LogP contribution in [0.15, 0.2) is 40.6 Å². The van der Waals surface area contributed by atoms with Crippen molar-refractivity contribution in [3.05, 3.63) is 51.9 Å². The van der Waals surface area contributed by atoms with Crippen LogP contribution in [0.1, 0.15) is 30.4 Å². The van der Waals surface area contributed by atoms with Crippen molar-refractivity contribution >= 4 is 38.9 Å². The van der Waals surface area contributed by atoms with Gasteiger partial charge in [-0.05, 0) is 42.5 Å². The molecule has 1 aromatic carbocycles. The van der Waals surface area contributed by atoms with Crippen molar-refractivity contribution in [2.45, 2.75) is 42.5 Å². The molecule has 1 atom stereocenters. The van der Waals surface area contributed by atoms with E-state index in [1.54, 1.807) is 6.07 Å². The summed E-state index contributed by atoms with van der Waals surface area (Å²) in [4.78, 5) is 15.1. The highest BCUT2D eigenvalue weighted by molar-refractivity contribution is 7.91. The molecule has 0 N–H and O–H groups in total. The van der Waals surface area contributed by atoms with Gasteiger partial charge in [0.05, 0.1) is 4.34 Å². The van der Waals surface area contributed by atoms with Crippen molar-refractivity contribution in [1.82, 2.24) is 9.21 Å². The lowest BCUT2D eigenvalue weighted by Crippen LogP contribution is -2.53. The summed E-state index contributed by atoms with van der Waals surface area (Å²) >= 11 is 6.97. The van der Waals surface area contributed by atoms with Crippen LogP contribution >= 0.6 is 22.9 Å². The summed E-state index contributed by atoms with van der Waals surface area (Å²) in [6.07, 6.45) is 3.00. The first-order valence-corrected chi connectivity index (χ1v) is 11.7. The third-order valence-corrected chi connectivity index (χ3v) is 8.90. The fourth-order valence-electron chi connectivity index (χ4n) is 3.89.